The Morgan fingerprint density at radius 2 is 2.22 bits per heavy atom. The molecule has 0 radical (unpaired) electrons. The zero-order valence-corrected chi connectivity index (χ0v) is 12.1. The monoisotopic (exact) mass is 281 g/mol. The van der Waals surface area contributed by atoms with Gasteiger partial charge in [0.1, 0.15) is 4.88 Å². The molecule has 0 aliphatic heterocycles. The molecule has 2 nitrogen and oxygen atoms in total. The third-order valence-corrected chi connectivity index (χ3v) is 4.53. The van der Waals surface area contributed by atoms with Crippen LogP contribution in [-0.2, 0) is 0 Å². The summed E-state index contributed by atoms with van der Waals surface area (Å²) in [7, 11) is 0. The van der Waals surface area contributed by atoms with Gasteiger partial charge in [-0.15, -0.1) is 11.3 Å². The van der Waals surface area contributed by atoms with Gasteiger partial charge < -0.3 is 5.32 Å². The van der Waals surface area contributed by atoms with E-state index in [2.05, 4.69) is 12.2 Å². The molecular formula is C14H16ClNOS. The van der Waals surface area contributed by atoms with Gasteiger partial charge in [0.15, 0.2) is 0 Å². The van der Waals surface area contributed by atoms with Gasteiger partial charge in [-0.3, -0.25) is 4.79 Å². The van der Waals surface area contributed by atoms with E-state index < -0.39 is 0 Å². The third kappa shape index (κ3) is 2.52. The average molecular weight is 282 g/mol. The molecule has 0 atom stereocenters. The van der Waals surface area contributed by atoms with Gasteiger partial charge in [0, 0.05) is 16.6 Å². The lowest BCUT2D eigenvalue weighted by Crippen LogP contribution is -2.23. The Balaban J connectivity index is 2.31. The smallest absolute Gasteiger partial charge is 0.262 e. The molecule has 2 rings (SSSR count). The van der Waals surface area contributed by atoms with Crippen LogP contribution in [-0.4, -0.2) is 12.5 Å². The lowest BCUT2D eigenvalue weighted by atomic mass is 10.1. The van der Waals surface area contributed by atoms with Gasteiger partial charge in [0.25, 0.3) is 5.91 Å². The van der Waals surface area contributed by atoms with Gasteiger partial charge in [-0.25, -0.2) is 0 Å². The number of carbonyl (C=O) groups excluding carboxylic acids is 1. The molecule has 1 aromatic carbocycles. The normalized spacial score (nSPS) is 10.8. The number of amides is 1. The highest BCUT2D eigenvalue weighted by molar-refractivity contribution is 7.21. The summed E-state index contributed by atoms with van der Waals surface area (Å²) in [6, 6.07) is 6.00. The molecule has 1 amide bonds. The first-order valence-electron chi connectivity index (χ1n) is 6.11. The number of hydrogen-bond donors (Lipinski definition) is 1. The molecule has 0 fully saturated rings. The fourth-order valence-electron chi connectivity index (χ4n) is 1.88. The van der Waals surface area contributed by atoms with Crippen LogP contribution in [0.3, 0.4) is 0 Å². The molecule has 0 bridgehead atoms. The number of benzene rings is 1. The third-order valence-electron chi connectivity index (χ3n) is 2.89. The van der Waals surface area contributed by atoms with E-state index in [0.717, 1.165) is 28.5 Å². The second kappa shape index (κ2) is 5.72. The summed E-state index contributed by atoms with van der Waals surface area (Å²) in [6.07, 6.45) is 2.06. The Bertz CT molecular complexity index is 576. The van der Waals surface area contributed by atoms with E-state index in [9.17, 15) is 4.79 Å². The molecule has 4 heteroatoms. The van der Waals surface area contributed by atoms with Crippen LogP contribution >= 0.6 is 22.9 Å². The summed E-state index contributed by atoms with van der Waals surface area (Å²) in [4.78, 5) is 12.7. The highest BCUT2D eigenvalue weighted by Gasteiger charge is 2.17. The SMILES string of the molecule is CCCCNC(=O)c1sc2cccc(C)c2c1Cl. The molecule has 96 valence electrons. The van der Waals surface area contributed by atoms with E-state index in [1.165, 1.54) is 11.3 Å². The van der Waals surface area contributed by atoms with Crippen LogP contribution in [0, 0.1) is 6.92 Å². The first-order chi connectivity index (χ1) is 8.65. The maximum absolute atomic E-state index is 12.0. The standard InChI is InChI=1S/C14H16ClNOS/c1-3-4-8-16-14(17)13-12(15)11-9(2)6-5-7-10(11)18-13/h5-7H,3-4,8H2,1-2H3,(H,16,17). The molecule has 1 heterocycles. The number of halogens is 1. The molecule has 1 aromatic heterocycles. The van der Waals surface area contributed by atoms with Crippen LogP contribution in [0.1, 0.15) is 35.0 Å². The average Bonchev–Trinajstić information content (AvgIpc) is 2.68. The Labute approximate surface area is 116 Å². The number of rotatable bonds is 4. The van der Waals surface area contributed by atoms with Gasteiger partial charge in [0.2, 0.25) is 0 Å². The number of fused-ring (bicyclic) bond motifs is 1. The second-order valence-corrected chi connectivity index (χ2v) is 5.73. The minimum atomic E-state index is -0.0611. The Morgan fingerprint density at radius 3 is 2.89 bits per heavy atom. The molecule has 1 N–H and O–H groups in total. The van der Waals surface area contributed by atoms with Crippen LogP contribution < -0.4 is 5.32 Å². The summed E-state index contributed by atoms with van der Waals surface area (Å²) in [6.45, 7) is 4.82. The molecule has 0 saturated heterocycles. The van der Waals surface area contributed by atoms with Gasteiger partial charge in [-0.2, -0.15) is 0 Å². The van der Waals surface area contributed by atoms with Crippen LogP contribution in [0.2, 0.25) is 5.02 Å². The van der Waals surface area contributed by atoms with Crippen LogP contribution in [0.25, 0.3) is 10.1 Å². The summed E-state index contributed by atoms with van der Waals surface area (Å²) >= 11 is 7.78. The Kier molecular flexibility index (Phi) is 4.25. The first-order valence-corrected chi connectivity index (χ1v) is 7.30. The lowest BCUT2D eigenvalue weighted by Gasteiger charge is -2.02. The summed E-state index contributed by atoms with van der Waals surface area (Å²) in [5.74, 6) is -0.0611. The van der Waals surface area contributed by atoms with E-state index in [1.54, 1.807) is 0 Å². The van der Waals surface area contributed by atoms with E-state index in [4.69, 9.17) is 11.6 Å². The number of thiophene rings is 1. The minimum Gasteiger partial charge on any atom is -0.351 e. The largest absolute Gasteiger partial charge is 0.351 e. The fraction of sp³-hybridized carbons (Fsp3) is 0.357. The Hall–Kier alpha value is -1.06. The van der Waals surface area contributed by atoms with Gasteiger partial charge >= 0.3 is 0 Å². The number of hydrogen-bond acceptors (Lipinski definition) is 2. The van der Waals surface area contributed by atoms with Crippen molar-refractivity contribution >= 4 is 38.9 Å². The maximum Gasteiger partial charge on any atom is 0.262 e. The topological polar surface area (TPSA) is 29.1 Å². The van der Waals surface area contributed by atoms with E-state index in [1.807, 2.05) is 25.1 Å². The van der Waals surface area contributed by atoms with Crippen molar-refractivity contribution in [1.29, 1.82) is 0 Å². The van der Waals surface area contributed by atoms with Crippen molar-refractivity contribution in [3.05, 3.63) is 33.7 Å². The minimum absolute atomic E-state index is 0.0611. The zero-order valence-electron chi connectivity index (χ0n) is 10.5. The van der Waals surface area contributed by atoms with Crippen molar-refractivity contribution in [1.82, 2.24) is 5.32 Å². The summed E-state index contributed by atoms with van der Waals surface area (Å²) in [5.41, 5.74) is 1.11. The van der Waals surface area contributed by atoms with Gasteiger partial charge in [-0.1, -0.05) is 37.1 Å². The molecule has 0 saturated carbocycles. The van der Waals surface area contributed by atoms with Crippen molar-refractivity contribution in [2.24, 2.45) is 0 Å². The van der Waals surface area contributed by atoms with Gasteiger partial charge in [0.05, 0.1) is 5.02 Å². The van der Waals surface area contributed by atoms with Crippen molar-refractivity contribution < 1.29 is 4.79 Å². The molecule has 0 unspecified atom stereocenters. The Morgan fingerprint density at radius 1 is 1.44 bits per heavy atom. The zero-order chi connectivity index (χ0) is 13.1. The molecule has 0 spiro atoms. The van der Waals surface area contributed by atoms with Crippen molar-refractivity contribution in [2.45, 2.75) is 26.7 Å². The lowest BCUT2D eigenvalue weighted by molar-refractivity contribution is 0.0957. The fourth-order valence-corrected chi connectivity index (χ4v) is 3.48. The van der Waals surface area contributed by atoms with Gasteiger partial charge in [-0.05, 0) is 25.0 Å². The van der Waals surface area contributed by atoms with Crippen LogP contribution in [0.5, 0.6) is 0 Å². The first kappa shape index (κ1) is 13.4. The van der Waals surface area contributed by atoms with Crippen LogP contribution in [0.15, 0.2) is 18.2 Å². The van der Waals surface area contributed by atoms with E-state index in [0.29, 0.717) is 16.4 Å². The molecule has 18 heavy (non-hydrogen) atoms. The molecule has 2 aromatic rings. The van der Waals surface area contributed by atoms with E-state index in [-0.39, 0.29) is 5.91 Å². The second-order valence-electron chi connectivity index (χ2n) is 4.30. The van der Waals surface area contributed by atoms with Crippen LogP contribution in [0.4, 0.5) is 0 Å². The van der Waals surface area contributed by atoms with Crippen molar-refractivity contribution in [3.8, 4) is 0 Å². The summed E-state index contributed by atoms with van der Waals surface area (Å²) in [5, 5.41) is 4.50. The number of unbranched alkanes of at least 4 members (excludes halogenated alkanes) is 1. The number of nitrogens with one attached hydrogen (secondary N) is 1. The molecule has 0 aliphatic rings. The number of aryl methyl sites for hydroxylation is 1. The highest BCUT2D eigenvalue weighted by atomic mass is 35.5. The summed E-state index contributed by atoms with van der Waals surface area (Å²) < 4.78 is 1.07. The molecule has 0 aliphatic carbocycles. The highest BCUT2D eigenvalue weighted by Crippen LogP contribution is 2.37. The van der Waals surface area contributed by atoms with Crippen molar-refractivity contribution in [2.75, 3.05) is 6.54 Å². The predicted octanol–water partition coefficient (Wildman–Crippen LogP) is 4.39. The number of carbonyl (C=O) groups is 1. The molecular weight excluding hydrogens is 266 g/mol. The maximum atomic E-state index is 12.0. The predicted molar refractivity (Wildman–Crippen MR) is 78.8 cm³/mol. The van der Waals surface area contributed by atoms with E-state index >= 15 is 0 Å². The van der Waals surface area contributed by atoms with Crippen molar-refractivity contribution in [3.63, 3.8) is 0 Å². The quantitative estimate of drug-likeness (QED) is 0.827.